The van der Waals surface area contributed by atoms with Gasteiger partial charge in [-0.05, 0) is 30.9 Å². The zero-order valence-corrected chi connectivity index (χ0v) is 9.67. The number of hydrogen-bond donors (Lipinski definition) is 1. The first-order valence-electron chi connectivity index (χ1n) is 5.90. The first-order chi connectivity index (χ1) is 8.41. The number of rotatable bonds is 2. The third-order valence-corrected chi connectivity index (χ3v) is 3.50. The molecule has 5 heteroatoms. The third-order valence-electron chi connectivity index (χ3n) is 3.50. The fourth-order valence-corrected chi connectivity index (χ4v) is 2.41. The highest BCUT2D eigenvalue weighted by Crippen LogP contribution is 2.42. The lowest BCUT2D eigenvalue weighted by molar-refractivity contribution is -0.0634. The molecule has 18 heavy (non-hydrogen) atoms. The molecule has 0 aromatic heterocycles. The van der Waals surface area contributed by atoms with Crippen LogP contribution < -0.4 is 0 Å². The maximum atomic E-state index is 13.5. The Bertz CT molecular complexity index is 403. The second kappa shape index (κ2) is 4.88. The molecule has 0 spiro atoms. The molecule has 1 fully saturated rings. The van der Waals surface area contributed by atoms with Crippen LogP contribution in [0, 0.1) is 17.6 Å². The van der Waals surface area contributed by atoms with Crippen molar-refractivity contribution in [1.29, 1.82) is 0 Å². The van der Waals surface area contributed by atoms with Gasteiger partial charge in [-0.1, -0.05) is 6.07 Å². The van der Waals surface area contributed by atoms with Crippen LogP contribution in [-0.2, 0) is 0 Å². The average Bonchev–Trinajstić information content (AvgIpc) is 2.28. The molecule has 1 aromatic rings. The van der Waals surface area contributed by atoms with E-state index in [2.05, 4.69) is 0 Å². The Balaban J connectivity index is 2.15. The normalized spacial score (nSPS) is 21.8. The fourth-order valence-electron chi connectivity index (χ4n) is 2.41. The summed E-state index contributed by atoms with van der Waals surface area (Å²) in [6, 6.07) is 3.31. The molecule has 0 aliphatic heterocycles. The van der Waals surface area contributed by atoms with E-state index in [1.165, 1.54) is 6.07 Å². The van der Waals surface area contributed by atoms with Crippen LogP contribution in [0.1, 0.15) is 37.4 Å². The molecule has 0 heterocycles. The molecule has 1 saturated carbocycles. The van der Waals surface area contributed by atoms with E-state index in [1.807, 2.05) is 0 Å². The number of aliphatic hydroxyl groups excluding tert-OH is 1. The lowest BCUT2D eigenvalue weighted by Crippen LogP contribution is -2.28. The minimum Gasteiger partial charge on any atom is -0.388 e. The van der Waals surface area contributed by atoms with Gasteiger partial charge >= 0.3 is 0 Å². The first-order valence-corrected chi connectivity index (χ1v) is 5.90. The van der Waals surface area contributed by atoms with Gasteiger partial charge in [-0.3, -0.25) is 0 Å². The molecule has 1 nitrogen and oxygen atoms in total. The maximum absolute atomic E-state index is 13.5. The smallest absolute Gasteiger partial charge is 0.248 e. The summed E-state index contributed by atoms with van der Waals surface area (Å²) >= 11 is 0. The minimum atomic E-state index is -2.72. The van der Waals surface area contributed by atoms with Crippen molar-refractivity contribution in [2.24, 2.45) is 5.92 Å². The molecule has 0 amide bonds. The average molecular weight is 262 g/mol. The Kier molecular flexibility index (Phi) is 3.61. The van der Waals surface area contributed by atoms with Crippen molar-refractivity contribution >= 4 is 0 Å². The van der Waals surface area contributed by atoms with E-state index < -0.39 is 35.1 Å². The van der Waals surface area contributed by atoms with Gasteiger partial charge in [-0.2, -0.15) is 0 Å². The molecular weight excluding hydrogens is 248 g/mol. The second-order valence-corrected chi connectivity index (χ2v) is 4.77. The highest BCUT2D eigenvalue weighted by atomic mass is 19.3. The monoisotopic (exact) mass is 262 g/mol. The summed E-state index contributed by atoms with van der Waals surface area (Å²) in [4.78, 5) is 0. The SMILES string of the molecule is OC(c1c(F)cccc1F)C1CCC(F)(F)CC1. The summed E-state index contributed by atoms with van der Waals surface area (Å²) in [7, 11) is 0. The molecule has 1 unspecified atom stereocenters. The van der Waals surface area contributed by atoms with Crippen molar-refractivity contribution in [3.63, 3.8) is 0 Å². The van der Waals surface area contributed by atoms with E-state index in [0.29, 0.717) is 0 Å². The fraction of sp³-hybridized carbons (Fsp3) is 0.538. The van der Waals surface area contributed by atoms with Crippen LogP contribution in [-0.4, -0.2) is 11.0 Å². The third kappa shape index (κ3) is 2.66. The van der Waals surface area contributed by atoms with Gasteiger partial charge in [0.25, 0.3) is 0 Å². The number of hydrogen-bond acceptors (Lipinski definition) is 1. The van der Waals surface area contributed by atoms with Crippen molar-refractivity contribution in [2.75, 3.05) is 0 Å². The largest absolute Gasteiger partial charge is 0.388 e. The molecule has 100 valence electrons. The van der Waals surface area contributed by atoms with Crippen molar-refractivity contribution in [3.05, 3.63) is 35.4 Å². The van der Waals surface area contributed by atoms with Crippen LogP contribution in [0.25, 0.3) is 0 Å². The predicted octanol–water partition coefficient (Wildman–Crippen LogP) is 3.82. The molecular formula is C13H14F4O. The Labute approximate surface area is 102 Å². The minimum absolute atomic E-state index is 0.0714. The van der Waals surface area contributed by atoms with Crippen LogP contribution in [0.5, 0.6) is 0 Å². The summed E-state index contributed by atoms with van der Waals surface area (Å²) in [6.45, 7) is 0. The van der Waals surface area contributed by atoms with Crippen molar-refractivity contribution in [3.8, 4) is 0 Å². The van der Waals surface area contributed by atoms with Crippen LogP contribution in [0.3, 0.4) is 0 Å². The summed E-state index contributed by atoms with van der Waals surface area (Å²) in [6.07, 6.45) is -1.90. The van der Waals surface area contributed by atoms with Crippen LogP contribution >= 0.6 is 0 Å². The van der Waals surface area contributed by atoms with Crippen LogP contribution in [0.2, 0.25) is 0 Å². The lowest BCUT2D eigenvalue weighted by Gasteiger charge is -2.31. The Hall–Kier alpha value is -1.10. The quantitative estimate of drug-likeness (QED) is 0.803. The zero-order chi connectivity index (χ0) is 13.3. The van der Waals surface area contributed by atoms with Gasteiger partial charge in [-0.25, -0.2) is 17.6 Å². The summed E-state index contributed by atoms with van der Waals surface area (Å²) in [5.74, 6) is -4.90. The van der Waals surface area contributed by atoms with Gasteiger partial charge in [-0.15, -0.1) is 0 Å². The van der Waals surface area contributed by atoms with E-state index in [9.17, 15) is 22.7 Å². The van der Waals surface area contributed by atoms with Gasteiger partial charge in [0.05, 0.1) is 11.7 Å². The zero-order valence-electron chi connectivity index (χ0n) is 9.67. The molecule has 1 aliphatic rings. The van der Waals surface area contributed by atoms with Gasteiger partial charge in [0.15, 0.2) is 0 Å². The number of aliphatic hydroxyl groups is 1. The molecule has 0 bridgehead atoms. The van der Waals surface area contributed by atoms with Crippen molar-refractivity contribution in [2.45, 2.75) is 37.7 Å². The van der Waals surface area contributed by atoms with Gasteiger partial charge in [0.1, 0.15) is 11.6 Å². The van der Waals surface area contributed by atoms with Gasteiger partial charge in [0.2, 0.25) is 5.92 Å². The highest BCUT2D eigenvalue weighted by molar-refractivity contribution is 5.22. The number of benzene rings is 1. The van der Waals surface area contributed by atoms with E-state index in [-0.39, 0.29) is 25.7 Å². The van der Waals surface area contributed by atoms with E-state index in [4.69, 9.17) is 0 Å². The molecule has 0 saturated heterocycles. The molecule has 2 rings (SSSR count). The highest BCUT2D eigenvalue weighted by Gasteiger charge is 2.38. The van der Waals surface area contributed by atoms with E-state index in [0.717, 1.165) is 12.1 Å². The predicted molar refractivity (Wildman–Crippen MR) is 58.2 cm³/mol. The Morgan fingerprint density at radius 2 is 1.61 bits per heavy atom. The lowest BCUT2D eigenvalue weighted by atomic mass is 9.81. The first kappa shape index (κ1) is 13.3. The van der Waals surface area contributed by atoms with E-state index in [1.54, 1.807) is 0 Å². The Morgan fingerprint density at radius 3 is 2.11 bits per heavy atom. The molecule has 1 aromatic carbocycles. The Morgan fingerprint density at radius 1 is 1.11 bits per heavy atom. The number of halogens is 4. The number of alkyl halides is 2. The van der Waals surface area contributed by atoms with Crippen LogP contribution in [0.4, 0.5) is 17.6 Å². The van der Waals surface area contributed by atoms with Crippen LogP contribution in [0.15, 0.2) is 18.2 Å². The van der Waals surface area contributed by atoms with Crippen molar-refractivity contribution in [1.82, 2.24) is 0 Å². The molecule has 1 N–H and O–H groups in total. The standard InChI is InChI=1S/C13H14F4O/c14-9-2-1-3-10(15)11(9)12(18)8-4-6-13(16,17)7-5-8/h1-3,8,12,18H,4-7H2. The maximum Gasteiger partial charge on any atom is 0.248 e. The molecule has 1 atom stereocenters. The van der Waals surface area contributed by atoms with Gasteiger partial charge < -0.3 is 5.11 Å². The molecule has 1 aliphatic carbocycles. The van der Waals surface area contributed by atoms with Crippen molar-refractivity contribution < 1.29 is 22.7 Å². The van der Waals surface area contributed by atoms with Gasteiger partial charge in [0, 0.05) is 12.8 Å². The second-order valence-electron chi connectivity index (χ2n) is 4.77. The topological polar surface area (TPSA) is 20.2 Å². The molecule has 0 radical (unpaired) electrons. The summed E-state index contributed by atoms with van der Waals surface area (Å²) in [5.41, 5.74) is -0.410. The van der Waals surface area contributed by atoms with E-state index >= 15 is 0 Å². The summed E-state index contributed by atoms with van der Waals surface area (Å²) in [5, 5.41) is 9.95. The summed E-state index contributed by atoms with van der Waals surface area (Å²) < 4.78 is 52.9.